The lowest BCUT2D eigenvalue weighted by Gasteiger charge is -2.31. The predicted molar refractivity (Wildman–Crippen MR) is 106 cm³/mol. The Balaban J connectivity index is 1.69. The zero-order valence-corrected chi connectivity index (χ0v) is 16.7. The number of rotatable bonds is 3. The highest BCUT2D eigenvalue weighted by Crippen LogP contribution is 2.35. The van der Waals surface area contributed by atoms with Gasteiger partial charge in [-0.3, -0.25) is 9.69 Å². The van der Waals surface area contributed by atoms with Crippen LogP contribution in [0.5, 0.6) is 0 Å². The minimum atomic E-state index is 0.0687. The van der Waals surface area contributed by atoms with Crippen LogP contribution in [0.15, 0.2) is 0 Å². The van der Waals surface area contributed by atoms with Gasteiger partial charge in [0.2, 0.25) is 5.91 Å². The van der Waals surface area contributed by atoms with Crippen LogP contribution in [0.3, 0.4) is 0 Å². The number of carbonyl (C=O) groups is 1. The average molecular weight is 374 g/mol. The van der Waals surface area contributed by atoms with E-state index in [1.165, 1.54) is 23.3 Å². The van der Waals surface area contributed by atoms with Crippen molar-refractivity contribution in [3.63, 3.8) is 0 Å². The molecule has 0 bridgehead atoms. The van der Waals surface area contributed by atoms with Gasteiger partial charge in [0.1, 0.15) is 16.5 Å². The summed E-state index contributed by atoms with van der Waals surface area (Å²) in [5.74, 6) is 2.71. The van der Waals surface area contributed by atoms with E-state index in [1.54, 1.807) is 11.3 Å². The highest BCUT2D eigenvalue weighted by molar-refractivity contribution is 7.18. The van der Waals surface area contributed by atoms with E-state index in [2.05, 4.69) is 35.9 Å². The van der Waals surface area contributed by atoms with Gasteiger partial charge in [-0.1, -0.05) is 6.92 Å². The van der Waals surface area contributed by atoms with Crippen LogP contribution in [-0.4, -0.2) is 53.5 Å². The average Bonchev–Trinajstić information content (AvgIpc) is 2.90. The summed E-state index contributed by atoms with van der Waals surface area (Å²) in [5, 5.41) is 4.03. The van der Waals surface area contributed by atoms with Crippen LogP contribution in [-0.2, 0) is 11.3 Å². The Morgan fingerprint density at radius 3 is 2.69 bits per heavy atom. The number of thiophene rings is 1. The van der Waals surface area contributed by atoms with Crippen LogP contribution in [0, 0.1) is 19.8 Å². The Morgan fingerprint density at radius 1 is 1.19 bits per heavy atom. The van der Waals surface area contributed by atoms with Crippen molar-refractivity contribution in [2.24, 2.45) is 5.92 Å². The molecule has 6 nitrogen and oxygen atoms in total. The van der Waals surface area contributed by atoms with Crippen LogP contribution in [0.25, 0.3) is 10.2 Å². The largest absolute Gasteiger partial charge is 0.353 e. The van der Waals surface area contributed by atoms with Gasteiger partial charge in [0.05, 0.1) is 18.5 Å². The number of amides is 1. The fourth-order valence-corrected chi connectivity index (χ4v) is 4.85. The second-order valence-electron chi connectivity index (χ2n) is 7.66. The molecule has 0 atom stereocenters. The summed E-state index contributed by atoms with van der Waals surface area (Å²) in [6.07, 6.45) is 2.50. The summed E-state index contributed by atoms with van der Waals surface area (Å²) < 4.78 is 0. The molecule has 0 radical (unpaired) electrons. The molecule has 0 aromatic carbocycles. The summed E-state index contributed by atoms with van der Waals surface area (Å²) in [5.41, 5.74) is 1.24. The third-order valence-corrected chi connectivity index (χ3v) is 6.74. The molecule has 4 heterocycles. The quantitative estimate of drug-likeness (QED) is 0.896. The molecule has 0 unspecified atom stereocenters. The van der Waals surface area contributed by atoms with Gasteiger partial charge >= 0.3 is 0 Å². The number of fused-ring (bicyclic) bond motifs is 1. The highest BCUT2D eigenvalue weighted by atomic mass is 32.1. The van der Waals surface area contributed by atoms with E-state index in [9.17, 15) is 4.79 Å². The molecule has 2 aliphatic rings. The first kappa shape index (κ1) is 17.7. The van der Waals surface area contributed by atoms with Crippen LogP contribution in [0.1, 0.15) is 36.0 Å². The first-order valence-corrected chi connectivity index (χ1v) is 10.3. The maximum Gasteiger partial charge on any atom is 0.239 e. The van der Waals surface area contributed by atoms with Crippen molar-refractivity contribution in [2.75, 3.05) is 37.6 Å². The molecule has 1 N–H and O–H groups in total. The smallest absolute Gasteiger partial charge is 0.239 e. The molecule has 4 rings (SSSR count). The predicted octanol–water partition coefficient (Wildman–Crippen LogP) is 2.48. The van der Waals surface area contributed by atoms with Crippen molar-refractivity contribution in [1.29, 1.82) is 0 Å². The first-order valence-electron chi connectivity index (χ1n) is 9.52. The lowest BCUT2D eigenvalue weighted by molar-refractivity contribution is -0.120. The summed E-state index contributed by atoms with van der Waals surface area (Å²) in [6, 6.07) is 0. The molecular weight excluding hydrogens is 346 g/mol. The number of nitrogens with one attached hydrogen (secondary N) is 1. The van der Waals surface area contributed by atoms with Gasteiger partial charge < -0.3 is 10.2 Å². The Kier molecular flexibility index (Phi) is 4.84. The normalized spacial score (nSPS) is 20.0. The molecule has 140 valence electrons. The van der Waals surface area contributed by atoms with Gasteiger partial charge in [0, 0.05) is 18.0 Å². The van der Waals surface area contributed by atoms with Crippen LogP contribution < -0.4 is 10.2 Å². The van der Waals surface area contributed by atoms with E-state index in [4.69, 9.17) is 9.97 Å². The molecule has 2 saturated heterocycles. The number of nitrogens with zero attached hydrogens (tertiary/aromatic N) is 4. The van der Waals surface area contributed by atoms with Gasteiger partial charge in [-0.2, -0.15) is 0 Å². The number of likely N-dealkylation sites (tertiary alicyclic amines) is 1. The van der Waals surface area contributed by atoms with E-state index in [0.717, 1.165) is 54.0 Å². The van der Waals surface area contributed by atoms with Gasteiger partial charge in [0.15, 0.2) is 0 Å². The third-order valence-electron chi connectivity index (χ3n) is 5.64. The summed E-state index contributed by atoms with van der Waals surface area (Å²) in [4.78, 5) is 28.6. The number of piperazine rings is 1. The van der Waals surface area contributed by atoms with Crippen LogP contribution in [0.2, 0.25) is 0 Å². The van der Waals surface area contributed by atoms with E-state index in [1.807, 2.05) is 0 Å². The van der Waals surface area contributed by atoms with Crippen molar-refractivity contribution in [1.82, 2.24) is 20.2 Å². The van der Waals surface area contributed by atoms with Gasteiger partial charge in [-0.25, -0.2) is 9.97 Å². The van der Waals surface area contributed by atoms with Crippen LogP contribution >= 0.6 is 11.3 Å². The SMILES string of the molecule is Cc1sc2nc(CN3CCC(C)CC3)nc(N3CCNC(=O)C3)c2c1C. The second kappa shape index (κ2) is 7.12. The molecule has 0 spiro atoms. The Bertz CT molecular complexity index is 825. The van der Waals surface area contributed by atoms with Crippen molar-refractivity contribution in [3.8, 4) is 0 Å². The molecule has 1 amide bonds. The minimum absolute atomic E-state index is 0.0687. The lowest BCUT2D eigenvalue weighted by atomic mass is 9.99. The van der Waals surface area contributed by atoms with Crippen molar-refractivity contribution >= 4 is 33.3 Å². The molecular formula is C19H27N5OS. The molecule has 2 aliphatic heterocycles. The fourth-order valence-electron chi connectivity index (χ4n) is 3.81. The van der Waals surface area contributed by atoms with Crippen molar-refractivity contribution < 1.29 is 4.79 Å². The number of hydrogen-bond acceptors (Lipinski definition) is 6. The Hall–Kier alpha value is -1.73. The second-order valence-corrected chi connectivity index (χ2v) is 8.86. The van der Waals surface area contributed by atoms with Crippen molar-refractivity contribution in [3.05, 3.63) is 16.3 Å². The molecule has 2 fully saturated rings. The molecule has 0 aliphatic carbocycles. The zero-order valence-electron chi connectivity index (χ0n) is 15.8. The number of hydrogen-bond donors (Lipinski definition) is 1. The van der Waals surface area contributed by atoms with E-state index in [-0.39, 0.29) is 5.91 Å². The maximum atomic E-state index is 11.9. The molecule has 0 saturated carbocycles. The monoisotopic (exact) mass is 373 g/mol. The van der Waals surface area contributed by atoms with E-state index in [0.29, 0.717) is 13.1 Å². The highest BCUT2D eigenvalue weighted by Gasteiger charge is 2.24. The summed E-state index contributed by atoms with van der Waals surface area (Å²) >= 11 is 1.74. The fraction of sp³-hybridized carbons (Fsp3) is 0.632. The number of anilines is 1. The number of piperidine rings is 1. The molecule has 2 aromatic heterocycles. The van der Waals surface area contributed by atoms with E-state index >= 15 is 0 Å². The summed E-state index contributed by atoms with van der Waals surface area (Å²) in [7, 11) is 0. The summed E-state index contributed by atoms with van der Waals surface area (Å²) in [6.45, 7) is 11.5. The zero-order chi connectivity index (χ0) is 18.3. The maximum absolute atomic E-state index is 11.9. The van der Waals surface area contributed by atoms with Gasteiger partial charge in [0.25, 0.3) is 0 Å². The van der Waals surface area contributed by atoms with Gasteiger partial charge in [-0.15, -0.1) is 11.3 Å². The van der Waals surface area contributed by atoms with Crippen LogP contribution in [0.4, 0.5) is 5.82 Å². The van der Waals surface area contributed by atoms with E-state index < -0.39 is 0 Å². The standard InChI is InChI=1S/C19H27N5OS/c1-12-4-7-23(8-5-12)10-15-21-18(24-9-6-20-16(25)11-24)17-13(2)14(3)26-19(17)22-15/h12H,4-11H2,1-3H3,(H,20,25). The Morgan fingerprint density at radius 2 is 1.96 bits per heavy atom. The minimum Gasteiger partial charge on any atom is -0.353 e. The molecule has 2 aromatic rings. The molecule has 7 heteroatoms. The number of aromatic nitrogens is 2. The number of aryl methyl sites for hydroxylation is 2. The Labute approximate surface area is 158 Å². The lowest BCUT2D eigenvalue weighted by Crippen LogP contribution is -2.48. The van der Waals surface area contributed by atoms with Gasteiger partial charge in [-0.05, 0) is 51.3 Å². The molecule has 26 heavy (non-hydrogen) atoms. The topological polar surface area (TPSA) is 61.4 Å². The van der Waals surface area contributed by atoms with Crippen molar-refractivity contribution in [2.45, 2.75) is 40.2 Å². The first-order chi connectivity index (χ1) is 12.5. The third kappa shape index (κ3) is 3.42. The number of carbonyl (C=O) groups excluding carboxylic acids is 1.